The Balaban J connectivity index is 3.43. The first-order chi connectivity index (χ1) is 3.66. The van der Waals surface area contributed by atoms with Crippen LogP contribution in [0.4, 0.5) is 0 Å². The smallest absolute Gasteiger partial charge is 0.284 e. The van der Waals surface area contributed by atoms with Gasteiger partial charge in [0.15, 0.2) is 0 Å². The van der Waals surface area contributed by atoms with Gasteiger partial charge in [-0.3, -0.25) is 8.74 Å². The van der Waals surface area contributed by atoms with E-state index < -0.39 is 17.5 Å². The first kappa shape index (κ1) is 7.63. The molecule has 0 aliphatic heterocycles. The summed E-state index contributed by atoms with van der Waals surface area (Å²) >= 11 is -2.24. The lowest BCUT2D eigenvalue weighted by molar-refractivity contribution is 0.274. The molecule has 2 atom stereocenters. The molecule has 0 heterocycles. The Bertz CT molecular complexity index is 126. The average Bonchev–Trinajstić information content (AvgIpc) is 1.65. The van der Waals surface area contributed by atoms with Gasteiger partial charge in [0.05, 0.1) is 0 Å². The Hall–Kier alpha value is -0.370. The topological polar surface area (TPSA) is 46.5 Å². The Morgan fingerprint density at radius 1 is 2.00 bits per heavy atom. The first-order valence-corrected chi connectivity index (χ1v) is 2.94. The van der Waals surface area contributed by atoms with E-state index in [4.69, 9.17) is 11.0 Å². The summed E-state index contributed by atoms with van der Waals surface area (Å²) in [5.74, 6) is 2.12. The van der Waals surface area contributed by atoms with E-state index in [1.807, 2.05) is 0 Å². The third kappa shape index (κ3) is 3.81. The normalized spacial score (nSPS) is 16.6. The fraction of sp³-hybridized carbons (Fsp3) is 0.500. The fourth-order valence-electron chi connectivity index (χ4n) is 0.151. The number of rotatable bonds is 2. The Morgan fingerprint density at radius 2 is 2.50 bits per heavy atom. The second-order valence-electron chi connectivity index (χ2n) is 1.12. The van der Waals surface area contributed by atoms with Crippen LogP contribution in [0.15, 0.2) is 0 Å². The summed E-state index contributed by atoms with van der Waals surface area (Å²) in [6.45, 7) is 1.51. The van der Waals surface area contributed by atoms with Gasteiger partial charge < -0.3 is 0 Å². The van der Waals surface area contributed by atoms with Crippen molar-refractivity contribution in [3.8, 4) is 12.3 Å². The van der Waals surface area contributed by atoms with Gasteiger partial charge in [-0.2, -0.15) is 4.21 Å². The monoisotopic (exact) mass is 134 g/mol. The van der Waals surface area contributed by atoms with Crippen LogP contribution in [0, 0.1) is 12.3 Å². The molecule has 46 valence electrons. The highest BCUT2D eigenvalue weighted by Gasteiger charge is 1.98. The minimum atomic E-state index is -2.24. The molecule has 0 rings (SSSR count). The third-order valence-electron chi connectivity index (χ3n) is 0.461. The van der Waals surface area contributed by atoms with E-state index in [0.717, 1.165) is 0 Å². The van der Waals surface area contributed by atoms with Crippen LogP contribution in [0.25, 0.3) is 0 Å². The van der Waals surface area contributed by atoms with Gasteiger partial charge >= 0.3 is 11.4 Å². The van der Waals surface area contributed by atoms with Crippen LogP contribution in [0.1, 0.15) is 6.92 Å². The van der Waals surface area contributed by atoms with Gasteiger partial charge in [0.2, 0.25) is 0 Å². The van der Waals surface area contributed by atoms with Crippen molar-refractivity contribution >= 4 is 11.4 Å². The molecule has 8 heavy (non-hydrogen) atoms. The largest absolute Gasteiger partial charge is 0.303 e. The molecule has 1 N–H and O–H groups in total. The maximum absolute atomic E-state index is 9.76. The molecule has 0 aromatic heterocycles. The van der Waals surface area contributed by atoms with Gasteiger partial charge in [0, 0.05) is 0 Å². The second kappa shape index (κ2) is 3.61. The summed E-state index contributed by atoms with van der Waals surface area (Å²) in [6.07, 6.45) is 4.20. The van der Waals surface area contributed by atoms with Crippen molar-refractivity contribution < 1.29 is 12.9 Å². The van der Waals surface area contributed by atoms with Crippen molar-refractivity contribution in [2.24, 2.45) is 0 Å². The van der Waals surface area contributed by atoms with E-state index in [1.165, 1.54) is 6.92 Å². The second-order valence-corrected chi connectivity index (χ2v) is 1.75. The molecule has 0 saturated heterocycles. The molecule has 0 aliphatic rings. The lowest BCUT2D eigenvalue weighted by Crippen LogP contribution is -2.05. The van der Waals surface area contributed by atoms with Crippen LogP contribution >= 0.6 is 0 Å². The molecule has 0 saturated carbocycles. The number of terminal acetylenes is 1. The molecule has 0 amide bonds. The van der Waals surface area contributed by atoms with Crippen LogP contribution in [0.5, 0.6) is 0 Å². The van der Waals surface area contributed by atoms with Crippen molar-refractivity contribution in [1.29, 1.82) is 0 Å². The van der Waals surface area contributed by atoms with E-state index in [-0.39, 0.29) is 0 Å². The van der Waals surface area contributed by atoms with Crippen molar-refractivity contribution in [2.45, 2.75) is 13.0 Å². The van der Waals surface area contributed by atoms with Gasteiger partial charge in [-0.25, -0.2) is 0 Å². The Kier molecular flexibility index (Phi) is 3.44. The molecule has 0 bridgehead atoms. The highest BCUT2D eigenvalue weighted by Crippen LogP contribution is 1.88. The minimum absolute atomic E-state index is 0.596. The van der Waals surface area contributed by atoms with Crippen molar-refractivity contribution in [3.63, 3.8) is 0 Å². The van der Waals surface area contributed by atoms with Gasteiger partial charge in [0.1, 0.15) is 6.10 Å². The van der Waals surface area contributed by atoms with E-state index in [2.05, 4.69) is 10.1 Å². The molecule has 4 heteroatoms. The highest BCUT2D eigenvalue weighted by molar-refractivity contribution is 7.74. The van der Waals surface area contributed by atoms with Crippen molar-refractivity contribution in [1.82, 2.24) is 0 Å². The van der Waals surface area contributed by atoms with E-state index in [1.54, 1.807) is 0 Å². The van der Waals surface area contributed by atoms with E-state index >= 15 is 0 Å². The molecule has 0 spiro atoms. The molecule has 3 nitrogen and oxygen atoms in total. The fourth-order valence-corrected chi connectivity index (χ4v) is 0.454. The summed E-state index contributed by atoms with van der Waals surface area (Å²) < 4.78 is 22.0. The van der Waals surface area contributed by atoms with E-state index in [9.17, 15) is 4.21 Å². The predicted molar refractivity (Wildman–Crippen MR) is 30.2 cm³/mol. The van der Waals surface area contributed by atoms with E-state index in [0.29, 0.717) is 0 Å². The van der Waals surface area contributed by atoms with Gasteiger partial charge in [0.25, 0.3) is 0 Å². The maximum atomic E-state index is 9.76. The standard InChI is InChI=1S/C4H6O3S/c1-3-4(2)7-8(5)6/h1,4H,2H3,(H,5,6). The number of hydrogen-bond acceptors (Lipinski definition) is 2. The zero-order chi connectivity index (χ0) is 6.57. The zero-order valence-corrected chi connectivity index (χ0v) is 5.14. The van der Waals surface area contributed by atoms with Crippen LogP contribution in [-0.4, -0.2) is 14.9 Å². The molecule has 0 radical (unpaired) electrons. The summed E-state index contributed by atoms with van der Waals surface area (Å²) in [6, 6.07) is 0. The average molecular weight is 134 g/mol. The van der Waals surface area contributed by atoms with Gasteiger partial charge in [-0.1, -0.05) is 5.92 Å². The minimum Gasteiger partial charge on any atom is -0.284 e. The summed E-state index contributed by atoms with van der Waals surface area (Å²) in [5, 5.41) is 0. The quantitative estimate of drug-likeness (QED) is 0.432. The maximum Gasteiger partial charge on any atom is 0.303 e. The molecular formula is C4H6O3S. The van der Waals surface area contributed by atoms with Crippen LogP contribution in [0.2, 0.25) is 0 Å². The lowest BCUT2D eigenvalue weighted by atomic mass is 10.4. The van der Waals surface area contributed by atoms with Crippen LogP contribution in [-0.2, 0) is 15.5 Å². The lowest BCUT2D eigenvalue weighted by Gasteiger charge is -1.97. The molecule has 0 aromatic carbocycles. The first-order valence-electron chi connectivity index (χ1n) is 1.91. The van der Waals surface area contributed by atoms with Crippen LogP contribution in [0.3, 0.4) is 0 Å². The molecule has 0 aromatic rings. The summed E-state index contributed by atoms with van der Waals surface area (Å²) in [5.41, 5.74) is 0. The highest BCUT2D eigenvalue weighted by atomic mass is 32.2. The Morgan fingerprint density at radius 3 is 2.62 bits per heavy atom. The summed E-state index contributed by atoms with van der Waals surface area (Å²) in [7, 11) is 0. The van der Waals surface area contributed by atoms with Crippen LogP contribution < -0.4 is 0 Å². The molecule has 0 fully saturated rings. The Labute approximate surface area is 50.5 Å². The number of hydrogen-bond donors (Lipinski definition) is 1. The third-order valence-corrected chi connectivity index (χ3v) is 0.915. The summed E-state index contributed by atoms with van der Waals surface area (Å²) in [4.78, 5) is 0. The predicted octanol–water partition coefficient (Wildman–Crippen LogP) is 0.161. The molecule has 0 aliphatic carbocycles. The zero-order valence-electron chi connectivity index (χ0n) is 4.33. The SMILES string of the molecule is C#CC(C)OS(=O)O. The van der Waals surface area contributed by atoms with Crippen molar-refractivity contribution in [3.05, 3.63) is 0 Å². The van der Waals surface area contributed by atoms with Crippen molar-refractivity contribution in [2.75, 3.05) is 0 Å². The van der Waals surface area contributed by atoms with Gasteiger partial charge in [-0.05, 0) is 6.92 Å². The molecule has 2 unspecified atom stereocenters. The van der Waals surface area contributed by atoms with Gasteiger partial charge in [-0.15, -0.1) is 6.42 Å². The molecular weight excluding hydrogens is 128 g/mol.